The lowest BCUT2D eigenvalue weighted by Crippen LogP contribution is -2.41. The molecule has 4 nitrogen and oxygen atoms in total. The van der Waals surface area contributed by atoms with Crippen molar-refractivity contribution in [3.63, 3.8) is 0 Å². The summed E-state index contributed by atoms with van der Waals surface area (Å²) in [5, 5.41) is 13.8. The quantitative estimate of drug-likeness (QED) is 0.626. The molecule has 1 atom stereocenters. The Hall–Kier alpha value is -1.55. The smallest absolute Gasteiger partial charge is 0.194 e. The van der Waals surface area contributed by atoms with E-state index >= 15 is 0 Å². The van der Waals surface area contributed by atoms with Gasteiger partial charge in [-0.15, -0.1) is 0 Å². The number of benzene rings is 1. The lowest BCUT2D eigenvalue weighted by atomic mass is 9.98. The van der Waals surface area contributed by atoms with Crippen LogP contribution in [0, 0.1) is 0 Å². The number of guanidine groups is 1. The van der Waals surface area contributed by atoms with Gasteiger partial charge in [-0.3, -0.25) is 4.99 Å². The molecule has 23 heavy (non-hydrogen) atoms. The molecular weight excluding hydrogens is 286 g/mol. The Kier molecular flexibility index (Phi) is 6.46. The molecule has 1 unspecified atom stereocenters. The van der Waals surface area contributed by atoms with Crippen molar-refractivity contribution in [2.75, 3.05) is 26.2 Å². The maximum Gasteiger partial charge on any atom is 0.194 e. The van der Waals surface area contributed by atoms with E-state index in [0.29, 0.717) is 12.5 Å². The number of hydrogen-bond donors (Lipinski definition) is 2. The van der Waals surface area contributed by atoms with Gasteiger partial charge in [-0.1, -0.05) is 44.2 Å². The number of hydrogen-bond acceptors (Lipinski definition) is 2. The van der Waals surface area contributed by atoms with E-state index < -0.39 is 5.60 Å². The summed E-state index contributed by atoms with van der Waals surface area (Å²) in [7, 11) is 0. The second-order valence-electron chi connectivity index (χ2n) is 6.44. The van der Waals surface area contributed by atoms with Crippen molar-refractivity contribution in [2.45, 2.75) is 51.6 Å². The fourth-order valence-corrected chi connectivity index (χ4v) is 3.07. The molecular formula is C19H31N3O. The van der Waals surface area contributed by atoms with Crippen LogP contribution in [-0.2, 0) is 0 Å². The van der Waals surface area contributed by atoms with E-state index in [1.165, 1.54) is 5.56 Å². The zero-order valence-corrected chi connectivity index (χ0v) is 14.8. The van der Waals surface area contributed by atoms with Gasteiger partial charge in [0.05, 0.1) is 12.1 Å². The summed E-state index contributed by atoms with van der Waals surface area (Å²) in [5.41, 5.74) is 0.726. The first-order valence-electron chi connectivity index (χ1n) is 8.92. The van der Waals surface area contributed by atoms with E-state index in [4.69, 9.17) is 4.99 Å². The minimum atomic E-state index is -0.681. The Balaban J connectivity index is 2.04. The molecule has 0 radical (unpaired) electrons. The summed E-state index contributed by atoms with van der Waals surface area (Å²) >= 11 is 0. The number of aliphatic imine (C=N–C) groups is 1. The third-order valence-electron chi connectivity index (χ3n) is 4.93. The number of aliphatic hydroxyl groups is 1. The van der Waals surface area contributed by atoms with Crippen molar-refractivity contribution < 1.29 is 5.11 Å². The Morgan fingerprint density at radius 3 is 2.57 bits per heavy atom. The minimum absolute atomic E-state index is 0.467. The molecule has 128 valence electrons. The van der Waals surface area contributed by atoms with Gasteiger partial charge >= 0.3 is 0 Å². The summed E-state index contributed by atoms with van der Waals surface area (Å²) in [6, 6.07) is 10.7. The van der Waals surface area contributed by atoms with Gasteiger partial charge in [0.2, 0.25) is 0 Å². The monoisotopic (exact) mass is 317 g/mol. The van der Waals surface area contributed by atoms with Crippen LogP contribution in [0.1, 0.15) is 51.5 Å². The molecule has 0 saturated carbocycles. The molecule has 1 aliphatic rings. The van der Waals surface area contributed by atoms with Gasteiger partial charge in [0.25, 0.3) is 0 Å². The third-order valence-corrected chi connectivity index (χ3v) is 4.93. The van der Waals surface area contributed by atoms with Crippen molar-refractivity contribution in [3.05, 3.63) is 35.9 Å². The highest BCUT2D eigenvalue weighted by atomic mass is 16.3. The Labute approximate surface area is 140 Å². The number of likely N-dealkylation sites (tertiary alicyclic amines) is 1. The van der Waals surface area contributed by atoms with Crippen molar-refractivity contribution in [3.8, 4) is 0 Å². The van der Waals surface area contributed by atoms with E-state index in [1.807, 2.05) is 13.8 Å². The Bertz CT molecular complexity index is 497. The molecule has 1 aromatic carbocycles. The zero-order valence-electron chi connectivity index (χ0n) is 14.8. The van der Waals surface area contributed by atoms with Crippen molar-refractivity contribution in [1.82, 2.24) is 10.2 Å². The van der Waals surface area contributed by atoms with Crippen LogP contribution in [0.5, 0.6) is 0 Å². The van der Waals surface area contributed by atoms with E-state index in [-0.39, 0.29) is 0 Å². The molecule has 0 bridgehead atoms. The van der Waals surface area contributed by atoms with Crippen molar-refractivity contribution in [2.24, 2.45) is 4.99 Å². The molecule has 1 heterocycles. The highest BCUT2D eigenvalue weighted by Crippen LogP contribution is 2.27. The van der Waals surface area contributed by atoms with Gasteiger partial charge in [-0.2, -0.15) is 0 Å². The fourth-order valence-electron chi connectivity index (χ4n) is 3.07. The first-order chi connectivity index (χ1) is 11.1. The van der Waals surface area contributed by atoms with E-state index in [0.717, 1.165) is 44.9 Å². The summed E-state index contributed by atoms with van der Waals surface area (Å²) in [6.07, 6.45) is 2.62. The number of nitrogens with one attached hydrogen (secondary N) is 1. The van der Waals surface area contributed by atoms with Crippen LogP contribution in [0.4, 0.5) is 0 Å². The highest BCUT2D eigenvalue weighted by Gasteiger charge is 2.27. The topological polar surface area (TPSA) is 47.9 Å². The molecule has 0 spiro atoms. The molecule has 0 amide bonds. The van der Waals surface area contributed by atoms with Crippen LogP contribution < -0.4 is 5.32 Å². The second kappa shape index (κ2) is 8.34. The molecule has 2 rings (SSSR count). The normalized spacial score (nSPS) is 19.2. The molecule has 1 fully saturated rings. The Morgan fingerprint density at radius 2 is 1.96 bits per heavy atom. The van der Waals surface area contributed by atoms with Crippen molar-refractivity contribution in [1.29, 1.82) is 0 Å². The average Bonchev–Trinajstić information content (AvgIpc) is 3.09. The van der Waals surface area contributed by atoms with Crippen LogP contribution in [-0.4, -0.2) is 47.7 Å². The summed E-state index contributed by atoms with van der Waals surface area (Å²) in [4.78, 5) is 7.05. The summed E-state index contributed by atoms with van der Waals surface area (Å²) in [6.45, 7) is 9.46. The molecule has 0 aliphatic carbocycles. The summed E-state index contributed by atoms with van der Waals surface area (Å²) < 4.78 is 0. The average molecular weight is 317 g/mol. The van der Waals surface area contributed by atoms with Crippen LogP contribution >= 0.6 is 0 Å². The largest absolute Gasteiger partial charge is 0.388 e. The molecule has 1 aromatic rings. The predicted octanol–water partition coefficient (Wildman–Crippen LogP) is 2.99. The molecule has 2 N–H and O–H groups in total. The van der Waals surface area contributed by atoms with Gasteiger partial charge in [0, 0.05) is 25.6 Å². The third kappa shape index (κ3) is 4.71. The zero-order chi connectivity index (χ0) is 16.7. The maximum atomic E-state index is 10.5. The Morgan fingerprint density at radius 1 is 1.26 bits per heavy atom. The van der Waals surface area contributed by atoms with Gasteiger partial charge in [-0.25, -0.2) is 0 Å². The van der Waals surface area contributed by atoms with Crippen LogP contribution in [0.15, 0.2) is 35.3 Å². The standard InChI is InChI=1S/C19H31N3O/c1-4-19(23,5-2)15-21-18(20-6-3)22-13-12-17(14-22)16-10-8-7-9-11-16/h7-11,17,23H,4-6,12-15H2,1-3H3,(H,20,21). The first-order valence-corrected chi connectivity index (χ1v) is 8.92. The minimum Gasteiger partial charge on any atom is -0.388 e. The van der Waals surface area contributed by atoms with E-state index in [2.05, 4.69) is 47.5 Å². The fraction of sp³-hybridized carbons (Fsp3) is 0.632. The molecule has 0 aromatic heterocycles. The maximum absolute atomic E-state index is 10.5. The second-order valence-corrected chi connectivity index (χ2v) is 6.44. The van der Waals surface area contributed by atoms with E-state index in [9.17, 15) is 5.11 Å². The van der Waals surface area contributed by atoms with Gasteiger partial charge in [0.1, 0.15) is 0 Å². The highest BCUT2D eigenvalue weighted by molar-refractivity contribution is 5.80. The first kappa shape index (κ1) is 17.8. The number of nitrogens with zero attached hydrogens (tertiary/aromatic N) is 2. The summed E-state index contributed by atoms with van der Waals surface area (Å²) in [5.74, 6) is 1.50. The van der Waals surface area contributed by atoms with Crippen LogP contribution in [0.25, 0.3) is 0 Å². The number of rotatable bonds is 6. The van der Waals surface area contributed by atoms with Gasteiger partial charge in [0.15, 0.2) is 5.96 Å². The van der Waals surface area contributed by atoms with E-state index in [1.54, 1.807) is 0 Å². The lowest BCUT2D eigenvalue weighted by molar-refractivity contribution is 0.0416. The molecule has 1 aliphatic heterocycles. The lowest BCUT2D eigenvalue weighted by Gasteiger charge is -2.26. The predicted molar refractivity (Wildman–Crippen MR) is 96.9 cm³/mol. The van der Waals surface area contributed by atoms with Gasteiger partial charge < -0.3 is 15.3 Å². The SMILES string of the molecule is CCNC(=NCC(O)(CC)CC)N1CCC(c2ccccc2)C1. The van der Waals surface area contributed by atoms with Crippen LogP contribution in [0.2, 0.25) is 0 Å². The van der Waals surface area contributed by atoms with Gasteiger partial charge in [-0.05, 0) is 31.7 Å². The van der Waals surface area contributed by atoms with Crippen LogP contribution in [0.3, 0.4) is 0 Å². The molecule has 4 heteroatoms. The molecule has 1 saturated heterocycles. The van der Waals surface area contributed by atoms with Crippen molar-refractivity contribution >= 4 is 5.96 Å².